The van der Waals surface area contributed by atoms with Crippen molar-refractivity contribution in [3.63, 3.8) is 0 Å². The molecule has 0 radical (unpaired) electrons. The fraction of sp³-hybridized carbons (Fsp3) is 0.526. The molecular weight excluding hydrogens is 342 g/mol. The van der Waals surface area contributed by atoms with Gasteiger partial charge in [-0.3, -0.25) is 9.20 Å². The number of unbranched alkanes of at least 4 members (excludes halogenated alkanes) is 1. The number of fused-ring (bicyclic) bond motifs is 1. The van der Waals surface area contributed by atoms with E-state index in [0.29, 0.717) is 30.6 Å². The highest BCUT2D eigenvalue weighted by Gasteiger charge is 2.28. The van der Waals surface area contributed by atoms with Gasteiger partial charge in [0.2, 0.25) is 5.78 Å². The molecule has 1 fully saturated rings. The molecule has 1 amide bonds. The Labute approximate surface area is 158 Å². The third kappa shape index (κ3) is 3.43. The lowest BCUT2D eigenvalue weighted by Crippen LogP contribution is -2.40. The van der Waals surface area contributed by atoms with E-state index in [-0.39, 0.29) is 5.91 Å². The van der Waals surface area contributed by atoms with Crippen LogP contribution in [-0.4, -0.2) is 53.3 Å². The van der Waals surface area contributed by atoms with Crippen molar-refractivity contribution in [2.75, 3.05) is 13.1 Å². The summed E-state index contributed by atoms with van der Waals surface area (Å²) in [6.45, 7) is 5.46. The van der Waals surface area contributed by atoms with Gasteiger partial charge in [0.15, 0.2) is 0 Å². The van der Waals surface area contributed by atoms with Gasteiger partial charge >= 0.3 is 0 Å². The molecule has 0 unspecified atom stereocenters. The number of imidazole rings is 1. The van der Waals surface area contributed by atoms with Crippen molar-refractivity contribution >= 4 is 11.7 Å². The first-order valence-electron chi connectivity index (χ1n) is 9.67. The van der Waals surface area contributed by atoms with Crippen LogP contribution >= 0.6 is 0 Å². The number of rotatable bonds is 5. The normalized spacial score (nSPS) is 15.6. The van der Waals surface area contributed by atoms with Gasteiger partial charge < -0.3 is 4.90 Å². The second kappa shape index (κ2) is 7.46. The van der Waals surface area contributed by atoms with Gasteiger partial charge in [0.05, 0.1) is 17.4 Å². The number of aromatic nitrogens is 6. The van der Waals surface area contributed by atoms with Gasteiger partial charge in [-0.2, -0.15) is 0 Å². The average Bonchev–Trinajstić information content (AvgIpc) is 3.29. The number of carbonyl (C=O) groups is 1. The zero-order chi connectivity index (χ0) is 18.8. The second-order valence-electron chi connectivity index (χ2n) is 7.15. The van der Waals surface area contributed by atoms with E-state index in [0.717, 1.165) is 43.5 Å². The first-order valence-corrected chi connectivity index (χ1v) is 9.67. The average molecular weight is 367 g/mol. The molecule has 0 aromatic carbocycles. The third-order valence-electron chi connectivity index (χ3n) is 5.25. The lowest BCUT2D eigenvalue weighted by molar-refractivity contribution is 0.0681. The van der Waals surface area contributed by atoms with Gasteiger partial charge in [-0.05, 0) is 38.7 Å². The maximum atomic E-state index is 13.1. The van der Waals surface area contributed by atoms with Crippen LogP contribution in [0.3, 0.4) is 0 Å². The van der Waals surface area contributed by atoms with Crippen LogP contribution in [0.4, 0.5) is 0 Å². The van der Waals surface area contributed by atoms with Gasteiger partial charge in [-0.1, -0.05) is 18.6 Å². The molecule has 27 heavy (non-hydrogen) atoms. The Morgan fingerprint density at radius 3 is 2.89 bits per heavy atom. The fourth-order valence-electron chi connectivity index (χ4n) is 3.70. The highest BCUT2D eigenvalue weighted by atomic mass is 16.2. The smallest absolute Gasteiger partial charge is 0.272 e. The number of piperidine rings is 1. The van der Waals surface area contributed by atoms with Crippen molar-refractivity contribution in [3.05, 3.63) is 41.7 Å². The molecule has 3 aromatic rings. The maximum absolute atomic E-state index is 13.1. The van der Waals surface area contributed by atoms with E-state index in [1.807, 2.05) is 28.8 Å². The summed E-state index contributed by atoms with van der Waals surface area (Å²) in [5.41, 5.74) is 2.39. The third-order valence-corrected chi connectivity index (χ3v) is 5.25. The summed E-state index contributed by atoms with van der Waals surface area (Å²) in [5, 5.41) is 8.59. The van der Waals surface area contributed by atoms with Gasteiger partial charge in [0.25, 0.3) is 5.91 Å². The number of aryl methyl sites for hydroxylation is 2. The number of likely N-dealkylation sites (tertiary alicyclic amines) is 1. The Kier molecular flexibility index (Phi) is 4.87. The van der Waals surface area contributed by atoms with Crippen LogP contribution in [0.2, 0.25) is 0 Å². The lowest BCUT2D eigenvalue weighted by Gasteiger charge is -2.31. The van der Waals surface area contributed by atoms with E-state index in [9.17, 15) is 4.79 Å². The molecule has 4 rings (SSSR count). The molecule has 0 atom stereocenters. The zero-order valence-electron chi connectivity index (χ0n) is 15.9. The number of hydrogen-bond donors (Lipinski definition) is 0. The molecule has 0 aliphatic carbocycles. The summed E-state index contributed by atoms with van der Waals surface area (Å²) in [4.78, 5) is 23.6. The number of nitrogens with zero attached hydrogens (tertiary/aromatic N) is 7. The van der Waals surface area contributed by atoms with Crippen molar-refractivity contribution in [2.45, 2.75) is 52.0 Å². The minimum Gasteiger partial charge on any atom is -0.337 e. The van der Waals surface area contributed by atoms with Crippen molar-refractivity contribution in [1.82, 2.24) is 34.3 Å². The van der Waals surface area contributed by atoms with E-state index in [1.165, 1.54) is 0 Å². The molecular formula is C19H25N7O. The Morgan fingerprint density at radius 2 is 2.11 bits per heavy atom. The molecule has 8 nitrogen and oxygen atoms in total. The van der Waals surface area contributed by atoms with Crippen molar-refractivity contribution < 1.29 is 4.79 Å². The van der Waals surface area contributed by atoms with Gasteiger partial charge in [-0.15, -0.1) is 5.10 Å². The van der Waals surface area contributed by atoms with E-state index < -0.39 is 0 Å². The molecule has 0 bridgehead atoms. The number of carbonyl (C=O) groups excluding carboxylic acids is 1. The molecule has 4 heterocycles. The summed E-state index contributed by atoms with van der Waals surface area (Å²) in [6.07, 6.45) is 10.6. The summed E-state index contributed by atoms with van der Waals surface area (Å²) in [5.74, 6) is 0.587. The Balaban J connectivity index is 1.43. The fourth-order valence-corrected chi connectivity index (χ4v) is 3.70. The van der Waals surface area contributed by atoms with Crippen LogP contribution in [0.1, 0.15) is 60.5 Å². The van der Waals surface area contributed by atoms with Gasteiger partial charge in [0.1, 0.15) is 5.69 Å². The van der Waals surface area contributed by atoms with Crippen LogP contribution in [0.25, 0.3) is 5.78 Å². The largest absolute Gasteiger partial charge is 0.337 e. The van der Waals surface area contributed by atoms with Crippen LogP contribution < -0.4 is 0 Å². The van der Waals surface area contributed by atoms with Crippen molar-refractivity contribution in [2.24, 2.45) is 0 Å². The predicted octanol–water partition coefficient (Wildman–Crippen LogP) is 2.45. The quantitative estimate of drug-likeness (QED) is 0.692. The van der Waals surface area contributed by atoms with Crippen molar-refractivity contribution in [3.8, 4) is 0 Å². The monoisotopic (exact) mass is 367 g/mol. The summed E-state index contributed by atoms with van der Waals surface area (Å²) < 4.78 is 3.76. The molecule has 142 valence electrons. The molecule has 1 aliphatic heterocycles. The molecule has 1 aliphatic rings. The minimum absolute atomic E-state index is 0.0219. The minimum atomic E-state index is 0.0219. The Hall–Kier alpha value is -2.77. The molecule has 8 heteroatoms. The van der Waals surface area contributed by atoms with Crippen LogP contribution in [0.5, 0.6) is 0 Å². The van der Waals surface area contributed by atoms with Gasteiger partial charge in [0, 0.05) is 31.7 Å². The first-order chi connectivity index (χ1) is 13.2. The topological polar surface area (TPSA) is 81.2 Å². The highest BCUT2D eigenvalue weighted by molar-refractivity contribution is 5.94. The predicted molar refractivity (Wildman–Crippen MR) is 101 cm³/mol. The zero-order valence-corrected chi connectivity index (χ0v) is 15.9. The highest BCUT2D eigenvalue weighted by Crippen LogP contribution is 2.24. The number of hydrogen-bond acceptors (Lipinski definition) is 5. The standard InChI is InChI=1S/C19H25N7O/c1-3-4-6-15-13-26(23-22-15)16-7-11-24(12-8-16)18(27)17-14(2)21-19-20-9-5-10-25(17)19/h5,9-10,13,16H,3-4,6-8,11-12H2,1-2H3. The maximum Gasteiger partial charge on any atom is 0.272 e. The van der Waals surface area contributed by atoms with Crippen LogP contribution in [0, 0.1) is 6.92 Å². The SMILES string of the molecule is CCCCc1cn(C2CCN(C(=O)c3c(C)nc4ncccn34)CC2)nn1. The summed E-state index contributed by atoms with van der Waals surface area (Å²) >= 11 is 0. The lowest BCUT2D eigenvalue weighted by atomic mass is 10.0. The molecule has 0 saturated carbocycles. The van der Waals surface area contributed by atoms with Crippen LogP contribution in [0.15, 0.2) is 24.7 Å². The molecule has 0 spiro atoms. The molecule has 0 N–H and O–H groups in total. The van der Waals surface area contributed by atoms with E-state index in [4.69, 9.17) is 0 Å². The molecule has 3 aromatic heterocycles. The van der Waals surface area contributed by atoms with Crippen LogP contribution in [-0.2, 0) is 6.42 Å². The van der Waals surface area contributed by atoms with E-state index >= 15 is 0 Å². The second-order valence-corrected chi connectivity index (χ2v) is 7.15. The summed E-state index contributed by atoms with van der Waals surface area (Å²) in [6, 6.07) is 2.12. The Morgan fingerprint density at radius 1 is 1.30 bits per heavy atom. The first kappa shape index (κ1) is 17.6. The summed E-state index contributed by atoms with van der Waals surface area (Å²) in [7, 11) is 0. The van der Waals surface area contributed by atoms with Gasteiger partial charge in [-0.25, -0.2) is 14.6 Å². The van der Waals surface area contributed by atoms with E-state index in [2.05, 4.69) is 33.4 Å². The Bertz CT molecular complexity index is 937. The molecule has 1 saturated heterocycles. The number of amides is 1. The van der Waals surface area contributed by atoms with E-state index in [1.54, 1.807) is 10.6 Å². The van der Waals surface area contributed by atoms with Crippen molar-refractivity contribution in [1.29, 1.82) is 0 Å².